The van der Waals surface area contributed by atoms with Gasteiger partial charge in [0, 0.05) is 37.2 Å². The van der Waals surface area contributed by atoms with Crippen molar-refractivity contribution in [2.75, 3.05) is 13.7 Å². The molecular formula is C24H44O7. The number of methoxy groups -OCH3 is 1. The van der Waals surface area contributed by atoms with Gasteiger partial charge in [0.05, 0.1) is 12.2 Å². The molecule has 2 aliphatic rings. The van der Waals surface area contributed by atoms with E-state index in [1.54, 1.807) is 21.0 Å². The summed E-state index contributed by atoms with van der Waals surface area (Å²) in [6, 6.07) is 0. The Morgan fingerprint density at radius 2 is 1.39 bits per heavy atom. The highest BCUT2D eigenvalue weighted by molar-refractivity contribution is 5.99. The van der Waals surface area contributed by atoms with Gasteiger partial charge in [-0.3, -0.25) is 14.4 Å². The molecular weight excluding hydrogens is 400 g/mol. The lowest BCUT2D eigenvalue weighted by atomic mass is 9.79. The molecule has 31 heavy (non-hydrogen) atoms. The van der Waals surface area contributed by atoms with Crippen LogP contribution in [0.1, 0.15) is 74.7 Å². The lowest BCUT2D eigenvalue weighted by Crippen LogP contribution is -2.38. The van der Waals surface area contributed by atoms with E-state index in [1.165, 1.54) is 0 Å². The van der Waals surface area contributed by atoms with Crippen LogP contribution in [0.2, 0.25) is 0 Å². The van der Waals surface area contributed by atoms with Crippen LogP contribution in [-0.2, 0) is 28.6 Å². The van der Waals surface area contributed by atoms with Crippen LogP contribution in [0.4, 0.5) is 0 Å². The Labute approximate surface area is 188 Å². The van der Waals surface area contributed by atoms with Gasteiger partial charge >= 0.3 is 5.97 Å². The summed E-state index contributed by atoms with van der Waals surface area (Å²) in [5.74, 6) is -2.80. The normalized spacial score (nSPS) is 37.3. The van der Waals surface area contributed by atoms with E-state index in [4.69, 9.17) is 14.2 Å². The largest absolute Gasteiger partial charge is 0.462 e. The van der Waals surface area contributed by atoms with Gasteiger partial charge in [-0.1, -0.05) is 48.5 Å². The molecule has 1 N–H and O–H groups in total. The van der Waals surface area contributed by atoms with Crippen molar-refractivity contribution in [3.8, 4) is 0 Å². The minimum Gasteiger partial charge on any atom is -0.462 e. The number of hydrogen-bond donors (Lipinski definition) is 1. The van der Waals surface area contributed by atoms with Crippen molar-refractivity contribution in [3.05, 3.63) is 0 Å². The van der Waals surface area contributed by atoms with Gasteiger partial charge in [-0.2, -0.15) is 0 Å². The van der Waals surface area contributed by atoms with Gasteiger partial charge in [0.15, 0.2) is 6.29 Å². The number of aliphatic hydroxyl groups is 1. The van der Waals surface area contributed by atoms with Crippen molar-refractivity contribution >= 4 is 17.5 Å². The first-order chi connectivity index (χ1) is 14.6. The lowest BCUT2D eigenvalue weighted by Gasteiger charge is -2.28. The highest BCUT2D eigenvalue weighted by Gasteiger charge is 2.42. The Balaban J connectivity index is 0.00000212. The van der Waals surface area contributed by atoms with Crippen molar-refractivity contribution in [2.45, 2.75) is 93.2 Å². The van der Waals surface area contributed by atoms with Crippen molar-refractivity contribution in [1.82, 2.24) is 0 Å². The van der Waals surface area contributed by atoms with Crippen molar-refractivity contribution in [3.63, 3.8) is 0 Å². The maximum Gasteiger partial charge on any atom is 0.316 e. The molecule has 0 aromatic carbocycles. The third-order valence-corrected chi connectivity index (χ3v) is 6.08. The second-order valence-electron chi connectivity index (χ2n) is 8.11. The molecule has 6 unspecified atom stereocenters. The molecule has 2 fully saturated rings. The SMILES string of the molecule is CC.CC.COC1C[C@@H](C)C(=O)C(C)C(=O)OCC2OC(O)CC2C(C)C(=O)[C@H](C)C1. The third-order valence-electron chi connectivity index (χ3n) is 6.08. The topological polar surface area (TPSA) is 99.1 Å². The molecule has 2 saturated heterocycles. The Kier molecular flexibility index (Phi) is 14.1. The summed E-state index contributed by atoms with van der Waals surface area (Å²) in [6.07, 6.45) is -0.505. The highest BCUT2D eigenvalue weighted by atomic mass is 16.6. The summed E-state index contributed by atoms with van der Waals surface area (Å²) in [5.41, 5.74) is 0. The van der Waals surface area contributed by atoms with E-state index in [0.717, 1.165) is 0 Å². The smallest absolute Gasteiger partial charge is 0.316 e. The number of fused-ring (bicyclic) bond motifs is 1. The van der Waals surface area contributed by atoms with Crippen LogP contribution in [0.25, 0.3) is 0 Å². The number of ether oxygens (including phenoxy) is 3. The molecule has 0 aromatic heterocycles. The van der Waals surface area contributed by atoms with Gasteiger partial charge in [-0.15, -0.1) is 0 Å². The number of cyclic esters (lactones) is 1. The molecule has 0 spiro atoms. The Morgan fingerprint density at radius 3 is 1.90 bits per heavy atom. The molecule has 0 aromatic rings. The van der Waals surface area contributed by atoms with E-state index < -0.39 is 24.3 Å². The molecule has 0 radical (unpaired) electrons. The standard InChI is InChI=1S/C20H32O7.2C2H6/c1-10-6-14(25-5)7-11(2)19(23)13(4)20(24)26-9-16-15(8-17(21)27-16)12(3)18(10)22;2*1-2/h10-17,21H,6-9H2,1-5H3;2*1-2H3/t10-,11-,12?,13?,14?,15?,16?,17?;;/m1../s1. The number of Topliss-reactive ketones (excluding diaryl/α,β-unsaturated/α-hetero) is 2. The van der Waals surface area contributed by atoms with E-state index in [9.17, 15) is 19.5 Å². The molecule has 0 saturated carbocycles. The van der Waals surface area contributed by atoms with Gasteiger partial charge < -0.3 is 19.3 Å². The number of aliphatic hydroxyl groups excluding tert-OH is 1. The monoisotopic (exact) mass is 444 g/mol. The van der Waals surface area contributed by atoms with Gasteiger partial charge in [-0.05, 0) is 19.8 Å². The fourth-order valence-corrected chi connectivity index (χ4v) is 4.23. The number of esters is 1. The van der Waals surface area contributed by atoms with E-state index in [2.05, 4.69) is 0 Å². The number of rotatable bonds is 1. The van der Waals surface area contributed by atoms with Crippen molar-refractivity contribution < 1.29 is 33.7 Å². The zero-order valence-corrected chi connectivity index (χ0v) is 20.8. The maximum absolute atomic E-state index is 12.9. The number of hydrogen-bond acceptors (Lipinski definition) is 7. The molecule has 0 bridgehead atoms. The van der Waals surface area contributed by atoms with Gasteiger partial charge in [-0.25, -0.2) is 0 Å². The van der Waals surface area contributed by atoms with Crippen LogP contribution in [0, 0.1) is 29.6 Å². The number of carbonyl (C=O) groups is 3. The molecule has 2 rings (SSSR count). The molecule has 2 aliphatic heterocycles. The van der Waals surface area contributed by atoms with E-state index in [0.29, 0.717) is 19.3 Å². The predicted molar refractivity (Wildman–Crippen MR) is 119 cm³/mol. The van der Waals surface area contributed by atoms with Crippen LogP contribution in [-0.4, -0.2) is 54.9 Å². The van der Waals surface area contributed by atoms with E-state index >= 15 is 0 Å². The van der Waals surface area contributed by atoms with Crippen molar-refractivity contribution in [2.24, 2.45) is 29.6 Å². The minimum absolute atomic E-state index is 0.0699. The van der Waals surface area contributed by atoms with Gasteiger partial charge in [0.1, 0.15) is 24.1 Å². The average molecular weight is 445 g/mol. The zero-order chi connectivity index (χ0) is 24.3. The van der Waals surface area contributed by atoms with E-state index in [1.807, 2.05) is 41.5 Å². The first-order valence-corrected chi connectivity index (χ1v) is 11.8. The quantitative estimate of drug-likeness (QED) is 0.485. The molecule has 182 valence electrons. The first kappa shape index (κ1) is 29.7. The number of carbonyl (C=O) groups excluding carboxylic acids is 3. The minimum atomic E-state index is -0.981. The molecule has 2 heterocycles. The third kappa shape index (κ3) is 8.28. The van der Waals surface area contributed by atoms with Gasteiger partial charge in [0.25, 0.3) is 0 Å². The first-order valence-electron chi connectivity index (χ1n) is 11.8. The van der Waals surface area contributed by atoms with Crippen LogP contribution in [0.15, 0.2) is 0 Å². The van der Waals surface area contributed by atoms with E-state index in [-0.39, 0.29) is 47.9 Å². The fourth-order valence-electron chi connectivity index (χ4n) is 4.23. The Hall–Kier alpha value is -1.31. The summed E-state index contributed by atoms with van der Waals surface area (Å²) >= 11 is 0. The maximum atomic E-state index is 12.9. The summed E-state index contributed by atoms with van der Waals surface area (Å²) in [4.78, 5) is 37.8. The van der Waals surface area contributed by atoms with Crippen LogP contribution in [0.3, 0.4) is 0 Å². The van der Waals surface area contributed by atoms with Crippen LogP contribution >= 0.6 is 0 Å². The van der Waals surface area contributed by atoms with Crippen LogP contribution < -0.4 is 0 Å². The summed E-state index contributed by atoms with van der Waals surface area (Å²) in [7, 11) is 1.57. The van der Waals surface area contributed by atoms with Crippen molar-refractivity contribution in [1.29, 1.82) is 0 Å². The van der Waals surface area contributed by atoms with Gasteiger partial charge in [0.2, 0.25) is 0 Å². The summed E-state index contributed by atoms with van der Waals surface area (Å²) < 4.78 is 16.3. The molecule has 8 atom stereocenters. The summed E-state index contributed by atoms with van der Waals surface area (Å²) in [5, 5.41) is 9.88. The molecule has 0 aliphatic carbocycles. The average Bonchev–Trinajstić information content (AvgIpc) is 3.17. The second-order valence-corrected chi connectivity index (χ2v) is 8.11. The number of ketones is 2. The van der Waals surface area contributed by atoms with Crippen LogP contribution in [0.5, 0.6) is 0 Å². The Bertz CT molecular complexity index is 562. The second kappa shape index (κ2) is 14.7. The zero-order valence-electron chi connectivity index (χ0n) is 20.8. The predicted octanol–water partition coefficient (Wildman–Crippen LogP) is 3.80. The molecule has 7 nitrogen and oxygen atoms in total. The highest BCUT2D eigenvalue weighted by Crippen LogP contribution is 2.35. The Morgan fingerprint density at radius 1 is 0.871 bits per heavy atom. The lowest BCUT2D eigenvalue weighted by molar-refractivity contribution is -0.161. The summed E-state index contributed by atoms with van der Waals surface area (Å²) in [6.45, 7) is 14.9. The fraction of sp³-hybridized carbons (Fsp3) is 0.875. The molecule has 0 amide bonds. The molecule has 7 heteroatoms.